The number of nitrogens with two attached hydrogens (primary N) is 1. The van der Waals surface area contributed by atoms with Gasteiger partial charge in [0.2, 0.25) is 5.91 Å². The summed E-state index contributed by atoms with van der Waals surface area (Å²) in [6.45, 7) is 3.22. The van der Waals surface area contributed by atoms with E-state index in [1.165, 1.54) is 13.0 Å². The van der Waals surface area contributed by atoms with Crippen molar-refractivity contribution in [3.63, 3.8) is 0 Å². The largest absolute Gasteiger partial charge is 1.00 e. The number of hydrogen-bond donors (Lipinski definition) is 2. The number of carbonyl (C=O) groups excluding carboxylic acids is 3. The summed E-state index contributed by atoms with van der Waals surface area (Å²) >= 11 is 0. The van der Waals surface area contributed by atoms with Crippen molar-refractivity contribution in [2.24, 2.45) is 11.7 Å². The van der Waals surface area contributed by atoms with Gasteiger partial charge in [0.1, 0.15) is 0 Å². The van der Waals surface area contributed by atoms with Gasteiger partial charge in [0.15, 0.2) is 5.78 Å². The zero-order chi connectivity index (χ0) is 21.9. The molecule has 1 fully saturated rings. The summed E-state index contributed by atoms with van der Waals surface area (Å²) in [5.41, 5.74) is 7.69. The van der Waals surface area contributed by atoms with Gasteiger partial charge in [-0.05, 0) is 43.5 Å². The molecule has 1 aromatic rings. The molecule has 0 aromatic heterocycles. The van der Waals surface area contributed by atoms with Crippen molar-refractivity contribution in [3.8, 4) is 6.07 Å². The van der Waals surface area contributed by atoms with E-state index >= 15 is 0 Å². The van der Waals surface area contributed by atoms with Crippen LogP contribution in [0.15, 0.2) is 35.6 Å². The van der Waals surface area contributed by atoms with Gasteiger partial charge in [-0.1, -0.05) is 12.2 Å². The Kier molecular flexibility index (Phi) is 6.00. The SMILES string of the molecule is C/C=C\C1=C(N)c2cc(C3=C(C(=O)[O-])N4C(=O)[C@H](C(C)O)[C@H]4C3)cc(C#N)c2C1=O.[Na+]. The fourth-order valence-electron chi connectivity index (χ4n) is 4.61. The molecule has 0 saturated carbocycles. The van der Waals surface area contributed by atoms with Gasteiger partial charge in [-0.25, -0.2) is 0 Å². The molecule has 1 saturated heterocycles. The van der Waals surface area contributed by atoms with Crippen LogP contribution in [0, 0.1) is 17.2 Å². The van der Waals surface area contributed by atoms with Crippen molar-refractivity contribution < 1.29 is 54.2 Å². The van der Waals surface area contributed by atoms with Crippen molar-refractivity contribution in [3.05, 3.63) is 57.8 Å². The van der Waals surface area contributed by atoms with Crippen molar-refractivity contribution in [1.82, 2.24) is 4.90 Å². The average Bonchev–Trinajstić information content (AvgIpc) is 3.15. The molecule has 2 aliphatic heterocycles. The third-order valence-corrected chi connectivity index (χ3v) is 5.91. The second-order valence-corrected chi connectivity index (χ2v) is 7.58. The number of aliphatic carboxylic acids is 1. The van der Waals surface area contributed by atoms with E-state index in [1.54, 1.807) is 25.1 Å². The van der Waals surface area contributed by atoms with Crippen LogP contribution in [-0.2, 0) is 9.59 Å². The zero-order valence-corrected chi connectivity index (χ0v) is 19.3. The third kappa shape index (κ3) is 3.17. The number of rotatable bonds is 4. The van der Waals surface area contributed by atoms with Gasteiger partial charge < -0.3 is 25.6 Å². The fourth-order valence-corrected chi connectivity index (χ4v) is 4.61. The number of benzene rings is 1. The van der Waals surface area contributed by atoms with Gasteiger partial charge in [-0.2, -0.15) is 5.26 Å². The van der Waals surface area contributed by atoms with Crippen LogP contribution < -0.4 is 40.4 Å². The first kappa shape index (κ1) is 23.0. The Morgan fingerprint density at radius 2 is 2.10 bits per heavy atom. The summed E-state index contributed by atoms with van der Waals surface area (Å²) in [6.07, 6.45) is 2.50. The average molecular weight is 427 g/mol. The maximum absolute atomic E-state index is 12.7. The van der Waals surface area contributed by atoms with E-state index in [0.717, 1.165) is 4.90 Å². The number of nitriles is 1. The summed E-state index contributed by atoms with van der Waals surface area (Å²) in [6, 6.07) is 4.51. The number of β-lactam (4-membered cyclic amide) rings is 1. The summed E-state index contributed by atoms with van der Waals surface area (Å²) in [7, 11) is 0. The topological polar surface area (TPSA) is 148 Å². The van der Waals surface area contributed by atoms with E-state index in [-0.39, 0.29) is 69.9 Å². The monoisotopic (exact) mass is 427 g/mol. The van der Waals surface area contributed by atoms with E-state index in [2.05, 4.69) is 0 Å². The molecular weight excluding hydrogens is 409 g/mol. The number of hydrogen-bond acceptors (Lipinski definition) is 7. The molecule has 1 unspecified atom stereocenters. The smallest absolute Gasteiger partial charge is 0.543 e. The summed E-state index contributed by atoms with van der Waals surface area (Å²) < 4.78 is 0. The molecule has 1 aliphatic carbocycles. The van der Waals surface area contributed by atoms with E-state index < -0.39 is 29.9 Å². The Morgan fingerprint density at radius 3 is 2.65 bits per heavy atom. The number of carboxylic acids is 1. The number of fused-ring (bicyclic) bond motifs is 2. The number of carboxylic acid groups (broad SMARTS) is 1. The van der Waals surface area contributed by atoms with Crippen molar-refractivity contribution in [1.29, 1.82) is 5.26 Å². The maximum Gasteiger partial charge on any atom is 1.00 e. The second-order valence-electron chi connectivity index (χ2n) is 7.58. The number of aliphatic hydroxyl groups excluding tert-OH is 1. The Hall–Kier alpha value is -2.70. The van der Waals surface area contributed by atoms with Crippen LogP contribution in [0.25, 0.3) is 11.3 Å². The molecule has 3 atom stereocenters. The van der Waals surface area contributed by atoms with Gasteiger partial charge in [0, 0.05) is 16.7 Å². The van der Waals surface area contributed by atoms with Crippen LogP contribution in [0.2, 0.25) is 0 Å². The minimum absolute atomic E-state index is 0. The first-order valence-corrected chi connectivity index (χ1v) is 9.44. The summed E-state index contributed by atoms with van der Waals surface area (Å²) in [5, 5.41) is 31.4. The van der Waals surface area contributed by atoms with Gasteiger partial charge in [-0.3, -0.25) is 9.59 Å². The third-order valence-electron chi connectivity index (χ3n) is 5.91. The molecule has 1 aromatic carbocycles. The number of ketones is 1. The molecule has 152 valence electrons. The van der Waals surface area contributed by atoms with E-state index in [4.69, 9.17) is 5.73 Å². The Labute approximate surface area is 200 Å². The first-order chi connectivity index (χ1) is 14.2. The molecule has 9 heteroatoms. The number of amides is 1. The molecule has 0 spiro atoms. The van der Waals surface area contributed by atoms with Gasteiger partial charge in [0.25, 0.3) is 0 Å². The number of Topliss-reactive ketones (excluding diaryl/α,β-unsaturated/α-hetero) is 1. The van der Waals surface area contributed by atoms with Crippen LogP contribution in [0.3, 0.4) is 0 Å². The summed E-state index contributed by atoms with van der Waals surface area (Å²) in [5.74, 6) is -3.05. The molecule has 0 bridgehead atoms. The van der Waals surface area contributed by atoms with Crippen LogP contribution in [0.1, 0.15) is 47.3 Å². The minimum atomic E-state index is -1.52. The maximum atomic E-state index is 12.7. The van der Waals surface area contributed by atoms with Crippen molar-refractivity contribution in [2.45, 2.75) is 32.4 Å². The second kappa shape index (κ2) is 8.09. The van der Waals surface area contributed by atoms with E-state index in [1.807, 2.05) is 6.07 Å². The Morgan fingerprint density at radius 1 is 1.42 bits per heavy atom. The molecule has 8 nitrogen and oxygen atoms in total. The molecule has 0 radical (unpaired) electrons. The molecule has 4 rings (SSSR count). The molecule has 1 amide bonds. The molecule has 2 heterocycles. The number of aliphatic hydroxyl groups is 1. The fraction of sp³-hybridized carbons (Fsp3) is 0.273. The molecular formula is C22H18N3NaO5. The quantitative estimate of drug-likeness (QED) is 0.386. The van der Waals surface area contributed by atoms with Gasteiger partial charge >= 0.3 is 29.6 Å². The minimum Gasteiger partial charge on any atom is -0.543 e. The standard InChI is InChI=1S/C22H19N3O5.Na/c1-3-4-12-18(24)14-6-10(5-11(8-23)17(14)20(12)27)13-7-15-16(9(2)26)21(28)25(15)19(13)22(29)30;/h3-6,9,15-16,26H,7,24H2,1-2H3,(H,29,30);/q;+1/p-1/b4-3-;/t9?,15-,16-;/m1./s1. The predicted molar refractivity (Wildman–Crippen MR) is 104 cm³/mol. The van der Waals surface area contributed by atoms with Crippen LogP contribution in [0.4, 0.5) is 0 Å². The van der Waals surface area contributed by atoms with Crippen molar-refractivity contribution >= 4 is 28.9 Å². The molecule has 3 N–H and O–H groups in total. The normalized spacial score (nSPS) is 22.8. The van der Waals surface area contributed by atoms with Crippen molar-refractivity contribution in [2.75, 3.05) is 0 Å². The van der Waals surface area contributed by atoms with Crippen LogP contribution in [-0.4, -0.2) is 39.8 Å². The van der Waals surface area contributed by atoms with E-state index in [9.17, 15) is 29.9 Å². The molecule has 3 aliphatic rings. The predicted octanol–water partition coefficient (Wildman–Crippen LogP) is -2.92. The molecule has 31 heavy (non-hydrogen) atoms. The Bertz CT molecular complexity index is 1170. The van der Waals surface area contributed by atoms with Crippen LogP contribution >= 0.6 is 0 Å². The zero-order valence-electron chi connectivity index (χ0n) is 17.3. The number of carbonyl (C=O) groups is 3. The van der Waals surface area contributed by atoms with Gasteiger partial charge in [0.05, 0.1) is 47.1 Å². The van der Waals surface area contributed by atoms with E-state index in [0.29, 0.717) is 16.7 Å². The van der Waals surface area contributed by atoms with Gasteiger partial charge in [-0.15, -0.1) is 0 Å². The van der Waals surface area contributed by atoms with Crippen LogP contribution in [0.5, 0.6) is 0 Å². The summed E-state index contributed by atoms with van der Waals surface area (Å²) in [4.78, 5) is 38.1. The first-order valence-electron chi connectivity index (χ1n) is 9.44. The Balaban J connectivity index is 0.00000272. The number of nitrogens with zero attached hydrogens (tertiary/aromatic N) is 2. The number of allylic oxidation sites excluding steroid dienone is 3.